The molecule has 0 unspecified atom stereocenters. The fourth-order valence-electron chi connectivity index (χ4n) is 1.62. The molecule has 21 heavy (non-hydrogen) atoms. The average molecular weight is 313 g/mol. The Kier molecular flexibility index (Phi) is 4.18. The van der Waals surface area contributed by atoms with Crippen LogP contribution in [-0.2, 0) is 6.54 Å². The van der Waals surface area contributed by atoms with Crippen LogP contribution in [0.3, 0.4) is 0 Å². The molecule has 0 aliphatic heterocycles. The van der Waals surface area contributed by atoms with Crippen molar-refractivity contribution in [2.45, 2.75) is 6.54 Å². The molecule has 2 aromatic rings. The van der Waals surface area contributed by atoms with Crippen molar-refractivity contribution in [3.63, 3.8) is 0 Å². The first-order valence-corrected chi connectivity index (χ1v) is 6.53. The number of benzene rings is 1. The summed E-state index contributed by atoms with van der Waals surface area (Å²) in [6, 6.07) is 2.77. The van der Waals surface area contributed by atoms with Crippen molar-refractivity contribution in [2.24, 2.45) is 0 Å². The molecule has 1 aromatic heterocycles. The van der Waals surface area contributed by atoms with Gasteiger partial charge >= 0.3 is 11.9 Å². The highest BCUT2D eigenvalue weighted by Gasteiger charge is 2.15. The van der Waals surface area contributed by atoms with Gasteiger partial charge in [-0.3, -0.25) is 0 Å². The lowest BCUT2D eigenvalue weighted by Crippen LogP contribution is -2.06. The number of anilines is 1. The average Bonchev–Trinajstić information content (AvgIpc) is 2.86. The van der Waals surface area contributed by atoms with Gasteiger partial charge in [0.15, 0.2) is 0 Å². The summed E-state index contributed by atoms with van der Waals surface area (Å²) in [5.41, 5.74) is -0.696. The van der Waals surface area contributed by atoms with E-state index in [2.05, 4.69) is 5.32 Å². The summed E-state index contributed by atoms with van der Waals surface area (Å²) in [5.74, 6) is -4.65. The molecule has 0 saturated carbocycles. The molecule has 1 aromatic carbocycles. The maximum Gasteiger partial charge on any atom is 0.338 e. The van der Waals surface area contributed by atoms with Crippen LogP contribution in [0.2, 0.25) is 0 Å². The van der Waals surface area contributed by atoms with E-state index >= 15 is 0 Å². The van der Waals surface area contributed by atoms with E-state index in [4.69, 9.17) is 10.2 Å². The summed E-state index contributed by atoms with van der Waals surface area (Å²) in [7, 11) is 0. The fraction of sp³-hybridized carbons (Fsp3) is 0.0769. The minimum Gasteiger partial charge on any atom is -0.478 e. The van der Waals surface area contributed by atoms with Gasteiger partial charge in [0.2, 0.25) is 0 Å². The number of carboxylic acid groups (broad SMARTS) is 2. The molecule has 0 fully saturated rings. The van der Waals surface area contributed by atoms with Gasteiger partial charge in [0.25, 0.3) is 0 Å². The molecular weight excluding hydrogens is 304 g/mol. The van der Waals surface area contributed by atoms with E-state index in [9.17, 15) is 18.4 Å². The Hall–Kier alpha value is -2.48. The summed E-state index contributed by atoms with van der Waals surface area (Å²) in [5, 5.41) is 21.6. The largest absolute Gasteiger partial charge is 0.478 e. The molecule has 8 heteroatoms. The first-order chi connectivity index (χ1) is 9.88. The van der Waals surface area contributed by atoms with Crippen LogP contribution in [0.15, 0.2) is 23.6 Å². The molecule has 0 aliphatic rings. The highest BCUT2D eigenvalue weighted by Crippen LogP contribution is 2.22. The molecule has 0 amide bonds. The second-order valence-electron chi connectivity index (χ2n) is 4.08. The first-order valence-electron chi connectivity index (χ1n) is 5.65. The number of carbonyl (C=O) groups is 2. The minimum atomic E-state index is -1.50. The monoisotopic (exact) mass is 313 g/mol. The minimum absolute atomic E-state index is 0.0968. The van der Waals surface area contributed by atoms with Crippen LogP contribution in [0.4, 0.5) is 14.5 Å². The number of carboxylic acids is 2. The van der Waals surface area contributed by atoms with Crippen LogP contribution in [0.25, 0.3) is 0 Å². The smallest absolute Gasteiger partial charge is 0.338 e. The van der Waals surface area contributed by atoms with Crippen LogP contribution >= 0.6 is 11.3 Å². The number of thiophene rings is 1. The summed E-state index contributed by atoms with van der Waals surface area (Å²) in [6.45, 7) is 0.0968. The van der Waals surface area contributed by atoms with Gasteiger partial charge in [0.05, 0.1) is 16.8 Å². The summed E-state index contributed by atoms with van der Waals surface area (Å²) in [4.78, 5) is 22.1. The van der Waals surface area contributed by atoms with E-state index in [1.165, 1.54) is 11.4 Å². The Morgan fingerprint density at radius 2 is 1.81 bits per heavy atom. The van der Waals surface area contributed by atoms with E-state index in [0.29, 0.717) is 10.9 Å². The summed E-state index contributed by atoms with van der Waals surface area (Å²) >= 11 is 1.16. The second-order valence-corrected chi connectivity index (χ2v) is 5.07. The maximum atomic E-state index is 13.5. The Bertz CT molecular complexity index is 714. The van der Waals surface area contributed by atoms with Crippen molar-refractivity contribution in [3.8, 4) is 0 Å². The molecule has 110 valence electrons. The third kappa shape index (κ3) is 3.34. The summed E-state index contributed by atoms with van der Waals surface area (Å²) in [6.07, 6.45) is 0. The SMILES string of the molecule is O=C(O)c1csc(CNc2cc(C(=O)O)c(F)cc2F)c1. The number of rotatable bonds is 5. The maximum absolute atomic E-state index is 13.5. The van der Waals surface area contributed by atoms with E-state index < -0.39 is 29.1 Å². The van der Waals surface area contributed by atoms with Gasteiger partial charge in [-0.05, 0) is 12.1 Å². The van der Waals surface area contributed by atoms with Crippen LogP contribution in [0.1, 0.15) is 25.6 Å². The van der Waals surface area contributed by atoms with Crippen molar-refractivity contribution < 1.29 is 28.6 Å². The molecule has 1 heterocycles. The normalized spacial score (nSPS) is 10.4. The standard InChI is InChI=1S/C13H9F2NO4S/c14-9-3-10(15)11(2-8(9)13(19)20)16-4-7-1-6(5-21-7)12(17)18/h1-3,5,16H,4H2,(H,17,18)(H,19,20). The third-order valence-electron chi connectivity index (χ3n) is 2.64. The third-order valence-corrected chi connectivity index (χ3v) is 3.58. The van der Waals surface area contributed by atoms with Crippen LogP contribution in [0, 0.1) is 11.6 Å². The molecule has 0 radical (unpaired) electrons. The number of nitrogens with one attached hydrogen (secondary N) is 1. The van der Waals surface area contributed by atoms with Crippen molar-refractivity contribution >= 4 is 29.0 Å². The van der Waals surface area contributed by atoms with Gasteiger partial charge in [-0.25, -0.2) is 18.4 Å². The number of halogens is 2. The zero-order valence-electron chi connectivity index (χ0n) is 10.4. The van der Waals surface area contributed by atoms with E-state index in [1.807, 2.05) is 0 Å². The van der Waals surface area contributed by atoms with Gasteiger partial charge < -0.3 is 15.5 Å². The van der Waals surface area contributed by atoms with E-state index in [0.717, 1.165) is 17.4 Å². The van der Waals surface area contributed by atoms with Crippen molar-refractivity contribution in [3.05, 3.63) is 51.2 Å². The molecule has 0 atom stereocenters. The Balaban J connectivity index is 2.17. The van der Waals surface area contributed by atoms with Crippen molar-refractivity contribution in [2.75, 3.05) is 5.32 Å². The lowest BCUT2D eigenvalue weighted by atomic mass is 10.1. The first kappa shape index (κ1) is 14.9. The topological polar surface area (TPSA) is 86.6 Å². The lowest BCUT2D eigenvalue weighted by molar-refractivity contribution is 0.0683. The van der Waals surface area contributed by atoms with Gasteiger partial charge in [-0.2, -0.15) is 0 Å². The molecule has 0 saturated heterocycles. The summed E-state index contributed by atoms with van der Waals surface area (Å²) < 4.78 is 26.8. The van der Waals surface area contributed by atoms with Crippen molar-refractivity contribution in [1.29, 1.82) is 0 Å². The predicted octanol–water partition coefficient (Wildman–Crippen LogP) is 3.03. The zero-order valence-corrected chi connectivity index (χ0v) is 11.2. The van der Waals surface area contributed by atoms with Crippen LogP contribution in [0.5, 0.6) is 0 Å². The highest BCUT2D eigenvalue weighted by molar-refractivity contribution is 7.10. The van der Waals surface area contributed by atoms with Crippen molar-refractivity contribution in [1.82, 2.24) is 0 Å². The Morgan fingerprint density at radius 1 is 1.10 bits per heavy atom. The molecule has 0 aliphatic carbocycles. The molecular formula is C13H9F2NO4S. The molecule has 2 rings (SSSR count). The molecule has 3 N–H and O–H groups in total. The van der Waals surface area contributed by atoms with Gasteiger partial charge in [-0.1, -0.05) is 0 Å². The fourth-order valence-corrected chi connectivity index (χ4v) is 2.41. The van der Waals surface area contributed by atoms with Gasteiger partial charge in [-0.15, -0.1) is 11.3 Å². The Labute approximate surface area is 121 Å². The zero-order chi connectivity index (χ0) is 15.6. The van der Waals surface area contributed by atoms with Gasteiger partial charge in [0.1, 0.15) is 11.6 Å². The Morgan fingerprint density at radius 3 is 2.38 bits per heavy atom. The van der Waals surface area contributed by atoms with Gasteiger partial charge in [0, 0.05) is 22.9 Å². The van der Waals surface area contributed by atoms with Crippen LogP contribution < -0.4 is 5.32 Å². The predicted molar refractivity (Wildman–Crippen MR) is 71.9 cm³/mol. The highest BCUT2D eigenvalue weighted by atomic mass is 32.1. The molecule has 0 bridgehead atoms. The number of aromatic carboxylic acids is 2. The number of hydrogen-bond acceptors (Lipinski definition) is 4. The number of hydrogen-bond donors (Lipinski definition) is 3. The quantitative estimate of drug-likeness (QED) is 0.790. The van der Waals surface area contributed by atoms with Crippen LogP contribution in [-0.4, -0.2) is 22.2 Å². The molecule has 5 nitrogen and oxygen atoms in total. The van der Waals surface area contributed by atoms with E-state index in [1.54, 1.807) is 0 Å². The molecule has 0 spiro atoms. The van der Waals surface area contributed by atoms with E-state index in [-0.39, 0.29) is 17.8 Å². The second kappa shape index (κ2) is 5.88. The lowest BCUT2D eigenvalue weighted by Gasteiger charge is -2.08.